The molecule has 2 aromatic rings. The minimum Gasteiger partial charge on any atom is -0.377 e. The van der Waals surface area contributed by atoms with E-state index in [0.29, 0.717) is 12.4 Å². The van der Waals surface area contributed by atoms with E-state index in [9.17, 15) is 0 Å². The second-order valence-electron chi connectivity index (χ2n) is 4.60. The number of anilines is 1. The van der Waals surface area contributed by atoms with Gasteiger partial charge in [-0.3, -0.25) is 4.98 Å². The van der Waals surface area contributed by atoms with Crippen molar-refractivity contribution >= 4 is 5.82 Å². The molecule has 0 bridgehead atoms. The van der Waals surface area contributed by atoms with E-state index in [1.165, 1.54) is 0 Å². The summed E-state index contributed by atoms with van der Waals surface area (Å²) in [5, 5.41) is 3.30. The third kappa shape index (κ3) is 3.74. The first-order chi connectivity index (χ1) is 9.72. The highest BCUT2D eigenvalue weighted by atomic mass is 16.5. The molecule has 0 radical (unpaired) electrons. The standard InChI is InChI=1S/C15H20N4O/c1-4-6-17-14-9-13(18-15(19-14)10-20-3)12-5-7-16-11(2)8-12/h5,7-9H,4,6,10H2,1-3H3,(H,17,18,19). The lowest BCUT2D eigenvalue weighted by Crippen LogP contribution is -2.06. The van der Waals surface area contributed by atoms with E-state index in [0.717, 1.165) is 35.7 Å². The maximum absolute atomic E-state index is 5.14. The largest absolute Gasteiger partial charge is 0.377 e. The Morgan fingerprint density at radius 2 is 2.10 bits per heavy atom. The van der Waals surface area contributed by atoms with Crippen LogP contribution in [-0.4, -0.2) is 28.6 Å². The summed E-state index contributed by atoms with van der Waals surface area (Å²) in [7, 11) is 1.64. The Morgan fingerprint density at radius 3 is 2.80 bits per heavy atom. The van der Waals surface area contributed by atoms with Crippen LogP contribution < -0.4 is 5.32 Å². The van der Waals surface area contributed by atoms with Gasteiger partial charge in [0.1, 0.15) is 12.4 Å². The lowest BCUT2D eigenvalue weighted by atomic mass is 10.1. The van der Waals surface area contributed by atoms with Gasteiger partial charge >= 0.3 is 0 Å². The van der Waals surface area contributed by atoms with Crippen LogP contribution in [-0.2, 0) is 11.3 Å². The Labute approximate surface area is 119 Å². The van der Waals surface area contributed by atoms with Gasteiger partial charge in [-0.15, -0.1) is 0 Å². The zero-order valence-corrected chi connectivity index (χ0v) is 12.2. The fourth-order valence-electron chi connectivity index (χ4n) is 1.89. The monoisotopic (exact) mass is 272 g/mol. The van der Waals surface area contributed by atoms with Gasteiger partial charge in [0.05, 0.1) is 5.69 Å². The van der Waals surface area contributed by atoms with Crippen molar-refractivity contribution in [3.8, 4) is 11.3 Å². The van der Waals surface area contributed by atoms with Gasteiger partial charge in [0.2, 0.25) is 0 Å². The number of aryl methyl sites for hydroxylation is 1. The van der Waals surface area contributed by atoms with E-state index >= 15 is 0 Å². The minimum absolute atomic E-state index is 0.401. The molecule has 106 valence electrons. The molecule has 0 fully saturated rings. The molecule has 0 amide bonds. The van der Waals surface area contributed by atoms with Gasteiger partial charge in [-0.2, -0.15) is 0 Å². The molecule has 20 heavy (non-hydrogen) atoms. The molecule has 0 saturated carbocycles. The summed E-state index contributed by atoms with van der Waals surface area (Å²) in [6.07, 6.45) is 2.84. The van der Waals surface area contributed by atoms with Gasteiger partial charge in [-0.1, -0.05) is 6.92 Å². The normalized spacial score (nSPS) is 10.6. The average molecular weight is 272 g/mol. The number of ether oxygens (including phenoxy) is 1. The Hall–Kier alpha value is -2.01. The fourth-order valence-corrected chi connectivity index (χ4v) is 1.89. The van der Waals surface area contributed by atoms with Crippen molar-refractivity contribution in [1.29, 1.82) is 0 Å². The van der Waals surface area contributed by atoms with E-state index in [-0.39, 0.29) is 0 Å². The van der Waals surface area contributed by atoms with Gasteiger partial charge in [-0.25, -0.2) is 9.97 Å². The highest BCUT2D eigenvalue weighted by Crippen LogP contribution is 2.20. The lowest BCUT2D eigenvalue weighted by Gasteiger charge is -2.09. The molecule has 0 saturated heterocycles. The predicted molar refractivity (Wildman–Crippen MR) is 79.5 cm³/mol. The van der Waals surface area contributed by atoms with Crippen LogP contribution in [0.3, 0.4) is 0 Å². The summed E-state index contributed by atoms with van der Waals surface area (Å²) in [6, 6.07) is 5.93. The quantitative estimate of drug-likeness (QED) is 0.876. The maximum Gasteiger partial charge on any atom is 0.157 e. The van der Waals surface area contributed by atoms with Crippen molar-refractivity contribution in [3.63, 3.8) is 0 Å². The highest BCUT2D eigenvalue weighted by molar-refractivity contribution is 5.62. The van der Waals surface area contributed by atoms with Crippen molar-refractivity contribution in [2.45, 2.75) is 26.9 Å². The summed E-state index contributed by atoms with van der Waals surface area (Å²) in [6.45, 7) is 5.38. The van der Waals surface area contributed by atoms with Crippen LogP contribution in [0.5, 0.6) is 0 Å². The molecule has 0 aromatic carbocycles. The SMILES string of the molecule is CCCNc1cc(-c2ccnc(C)c2)nc(COC)n1. The first kappa shape index (κ1) is 14.4. The number of hydrogen-bond donors (Lipinski definition) is 1. The molecule has 5 heteroatoms. The van der Waals surface area contributed by atoms with Crippen molar-refractivity contribution < 1.29 is 4.74 Å². The van der Waals surface area contributed by atoms with Crippen LogP contribution >= 0.6 is 0 Å². The topological polar surface area (TPSA) is 59.9 Å². The molecule has 2 aromatic heterocycles. The third-order valence-electron chi connectivity index (χ3n) is 2.79. The van der Waals surface area contributed by atoms with E-state index in [1.54, 1.807) is 13.3 Å². The summed E-state index contributed by atoms with van der Waals surface area (Å²) in [5.74, 6) is 1.51. The van der Waals surface area contributed by atoms with Crippen molar-refractivity contribution in [2.75, 3.05) is 19.0 Å². The molecule has 2 rings (SSSR count). The molecule has 0 aliphatic rings. The molecular formula is C15H20N4O. The third-order valence-corrected chi connectivity index (χ3v) is 2.79. The molecule has 0 unspecified atom stereocenters. The van der Waals surface area contributed by atoms with E-state index < -0.39 is 0 Å². The van der Waals surface area contributed by atoms with Gasteiger partial charge in [0.25, 0.3) is 0 Å². The molecular weight excluding hydrogens is 252 g/mol. The van der Waals surface area contributed by atoms with Gasteiger partial charge in [0, 0.05) is 37.2 Å². The number of pyridine rings is 1. The molecule has 0 atom stereocenters. The second-order valence-corrected chi connectivity index (χ2v) is 4.60. The fraction of sp³-hybridized carbons (Fsp3) is 0.400. The van der Waals surface area contributed by atoms with Gasteiger partial charge in [-0.05, 0) is 25.5 Å². The molecule has 0 aliphatic carbocycles. The number of nitrogens with zero attached hydrogens (tertiary/aromatic N) is 3. The van der Waals surface area contributed by atoms with Gasteiger partial charge in [0.15, 0.2) is 5.82 Å². The van der Waals surface area contributed by atoms with Crippen molar-refractivity contribution in [3.05, 3.63) is 35.9 Å². The molecule has 2 heterocycles. The number of nitrogens with one attached hydrogen (secondary N) is 1. The van der Waals surface area contributed by atoms with Crippen molar-refractivity contribution in [1.82, 2.24) is 15.0 Å². The molecule has 0 aliphatic heterocycles. The highest BCUT2D eigenvalue weighted by Gasteiger charge is 2.07. The molecule has 5 nitrogen and oxygen atoms in total. The molecule has 0 spiro atoms. The Morgan fingerprint density at radius 1 is 1.25 bits per heavy atom. The summed E-state index contributed by atoms with van der Waals surface area (Å²) < 4.78 is 5.14. The Bertz CT molecular complexity index is 572. The summed E-state index contributed by atoms with van der Waals surface area (Å²) in [5.41, 5.74) is 2.89. The van der Waals surface area contributed by atoms with Crippen LogP contribution in [0.15, 0.2) is 24.4 Å². The Kier molecular flexibility index (Phi) is 5.01. The summed E-state index contributed by atoms with van der Waals surface area (Å²) >= 11 is 0. The molecule has 1 N–H and O–H groups in total. The van der Waals surface area contributed by atoms with Crippen molar-refractivity contribution in [2.24, 2.45) is 0 Å². The van der Waals surface area contributed by atoms with Crippen LogP contribution in [0, 0.1) is 6.92 Å². The van der Waals surface area contributed by atoms with E-state index in [2.05, 4.69) is 27.2 Å². The second kappa shape index (κ2) is 6.96. The van der Waals surface area contributed by atoms with Crippen LogP contribution in [0.25, 0.3) is 11.3 Å². The van der Waals surface area contributed by atoms with E-state index in [4.69, 9.17) is 4.74 Å². The first-order valence-electron chi connectivity index (χ1n) is 6.76. The van der Waals surface area contributed by atoms with Gasteiger partial charge < -0.3 is 10.1 Å². The Balaban J connectivity index is 2.37. The zero-order valence-electron chi connectivity index (χ0n) is 12.2. The van der Waals surface area contributed by atoms with E-state index in [1.807, 2.05) is 25.1 Å². The first-order valence-corrected chi connectivity index (χ1v) is 6.76. The minimum atomic E-state index is 0.401. The smallest absolute Gasteiger partial charge is 0.157 e. The summed E-state index contributed by atoms with van der Waals surface area (Å²) in [4.78, 5) is 13.2. The lowest BCUT2D eigenvalue weighted by molar-refractivity contribution is 0.178. The number of methoxy groups -OCH3 is 1. The zero-order chi connectivity index (χ0) is 14.4. The number of aromatic nitrogens is 3. The van der Waals surface area contributed by atoms with Crippen LogP contribution in [0.1, 0.15) is 24.9 Å². The number of hydrogen-bond acceptors (Lipinski definition) is 5. The maximum atomic E-state index is 5.14. The van der Waals surface area contributed by atoms with Crippen LogP contribution in [0.4, 0.5) is 5.82 Å². The van der Waals surface area contributed by atoms with Crippen LogP contribution in [0.2, 0.25) is 0 Å². The number of rotatable bonds is 6. The average Bonchev–Trinajstić information content (AvgIpc) is 2.45. The predicted octanol–water partition coefficient (Wildman–Crippen LogP) is 2.82.